The Morgan fingerprint density at radius 2 is 1.53 bits per heavy atom. The van der Waals surface area contributed by atoms with Gasteiger partial charge in [-0.25, -0.2) is 0 Å². The number of aryl methyl sites for hydroxylation is 1. The Morgan fingerprint density at radius 1 is 0.947 bits per heavy atom. The minimum absolute atomic E-state index is 0.251. The molecule has 0 spiro atoms. The zero-order valence-electron chi connectivity index (χ0n) is 11.9. The SMILES string of the molecule is Cc1ccc(C(=O)CCCCCCCCC=O)cc1. The molecule has 0 saturated heterocycles. The van der Waals surface area contributed by atoms with Crippen molar-refractivity contribution in [1.82, 2.24) is 0 Å². The van der Waals surface area contributed by atoms with Crippen LogP contribution < -0.4 is 0 Å². The topological polar surface area (TPSA) is 34.1 Å². The zero-order chi connectivity index (χ0) is 13.9. The Kier molecular flexibility index (Phi) is 7.80. The Morgan fingerprint density at radius 3 is 2.16 bits per heavy atom. The highest BCUT2D eigenvalue weighted by molar-refractivity contribution is 5.96. The van der Waals surface area contributed by atoms with Gasteiger partial charge in [-0.15, -0.1) is 0 Å². The quantitative estimate of drug-likeness (QED) is 0.353. The van der Waals surface area contributed by atoms with Crippen LogP contribution in [-0.4, -0.2) is 12.1 Å². The van der Waals surface area contributed by atoms with E-state index in [4.69, 9.17) is 0 Å². The normalized spacial score (nSPS) is 10.4. The predicted octanol–water partition coefficient (Wildman–Crippen LogP) is 4.50. The lowest BCUT2D eigenvalue weighted by atomic mass is 10.0. The molecule has 0 N–H and O–H groups in total. The van der Waals surface area contributed by atoms with Gasteiger partial charge in [-0.2, -0.15) is 0 Å². The lowest BCUT2D eigenvalue weighted by molar-refractivity contribution is -0.107. The van der Waals surface area contributed by atoms with Gasteiger partial charge in [0.25, 0.3) is 0 Å². The third kappa shape index (κ3) is 6.90. The second kappa shape index (κ2) is 9.48. The molecule has 0 aliphatic heterocycles. The number of benzene rings is 1. The van der Waals surface area contributed by atoms with Gasteiger partial charge in [0.15, 0.2) is 5.78 Å². The maximum absolute atomic E-state index is 11.9. The fourth-order valence-corrected chi connectivity index (χ4v) is 2.10. The van der Waals surface area contributed by atoms with Crippen LogP contribution in [-0.2, 0) is 4.79 Å². The van der Waals surface area contributed by atoms with Gasteiger partial charge in [-0.05, 0) is 19.8 Å². The molecule has 0 aliphatic carbocycles. The number of carbonyl (C=O) groups is 2. The summed E-state index contributed by atoms with van der Waals surface area (Å²) in [7, 11) is 0. The second-order valence-electron chi connectivity index (χ2n) is 5.12. The maximum Gasteiger partial charge on any atom is 0.162 e. The molecule has 1 rings (SSSR count). The van der Waals surface area contributed by atoms with Gasteiger partial charge in [0.05, 0.1) is 0 Å². The molecule has 0 bridgehead atoms. The third-order valence-electron chi connectivity index (χ3n) is 3.35. The van der Waals surface area contributed by atoms with E-state index in [-0.39, 0.29) is 5.78 Å². The van der Waals surface area contributed by atoms with Crippen molar-refractivity contribution in [3.05, 3.63) is 35.4 Å². The number of ketones is 1. The van der Waals surface area contributed by atoms with Crippen LogP contribution in [0.1, 0.15) is 67.3 Å². The van der Waals surface area contributed by atoms with Crippen molar-refractivity contribution < 1.29 is 9.59 Å². The van der Waals surface area contributed by atoms with Gasteiger partial charge in [0.2, 0.25) is 0 Å². The van der Waals surface area contributed by atoms with E-state index in [0.717, 1.165) is 37.5 Å². The van der Waals surface area contributed by atoms with Crippen LogP contribution in [0.5, 0.6) is 0 Å². The zero-order valence-corrected chi connectivity index (χ0v) is 11.9. The lowest BCUT2D eigenvalue weighted by Gasteiger charge is -2.02. The first-order valence-electron chi connectivity index (χ1n) is 7.27. The molecule has 0 heterocycles. The van der Waals surface area contributed by atoms with E-state index in [1.165, 1.54) is 18.4 Å². The average molecular weight is 260 g/mol. The van der Waals surface area contributed by atoms with E-state index in [9.17, 15) is 9.59 Å². The first-order chi connectivity index (χ1) is 9.24. The third-order valence-corrected chi connectivity index (χ3v) is 3.35. The number of unbranched alkanes of at least 4 members (excludes halogenated alkanes) is 6. The van der Waals surface area contributed by atoms with Crippen molar-refractivity contribution in [2.45, 2.75) is 58.3 Å². The van der Waals surface area contributed by atoms with E-state index < -0.39 is 0 Å². The Labute approximate surface area is 116 Å². The first-order valence-corrected chi connectivity index (χ1v) is 7.27. The summed E-state index contributed by atoms with van der Waals surface area (Å²) in [5.74, 6) is 0.251. The minimum atomic E-state index is 0.251. The Bertz CT molecular complexity index is 379. The summed E-state index contributed by atoms with van der Waals surface area (Å²) in [6, 6.07) is 7.80. The molecule has 0 radical (unpaired) electrons. The van der Waals surface area contributed by atoms with Crippen molar-refractivity contribution in [2.24, 2.45) is 0 Å². The monoisotopic (exact) mass is 260 g/mol. The van der Waals surface area contributed by atoms with E-state index in [1.807, 2.05) is 31.2 Å². The molecule has 0 amide bonds. The smallest absolute Gasteiger partial charge is 0.162 e. The number of hydrogen-bond acceptors (Lipinski definition) is 2. The number of aldehydes is 1. The number of carbonyl (C=O) groups excluding carboxylic acids is 2. The Balaban J connectivity index is 2.07. The largest absolute Gasteiger partial charge is 0.303 e. The highest BCUT2D eigenvalue weighted by Crippen LogP contribution is 2.12. The van der Waals surface area contributed by atoms with E-state index in [1.54, 1.807) is 0 Å². The summed E-state index contributed by atoms with van der Waals surface area (Å²) in [6.07, 6.45) is 8.88. The van der Waals surface area contributed by atoms with Crippen LogP contribution in [0.15, 0.2) is 24.3 Å². The second-order valence-corrected chi connectivity index (χ2v) is 5.12. The standard InChI is InChI=1S/C17H24O2/c1-15-10-12-16(13-11-15)17(19)9-7-5-3-2-4-6-8-14-18/h10-14H,2-9H2,1H3. The molecule has 1 aromatic rings. The summed E-state index contributed by atoms with van der Waals surface area (Å²) >= 11 is 0. The molecular weight excluding hydrogens is 236 g/mol. The average Bonchev–Trinajstić information content (AvgIpc) is 2.42. The molecule has 0 aromatic heterocycles. The Hall–Kier alpha value is -1.44. The van der Waals surface area contributed by atoms with Crippen LogP contribution in [0.25, 0.3) is 0 Å². The summed E-state index contributed by atoms with van der Waals surface area (Å²) in [5, 5.41) is 0. The van der Waals surface area contributed by atoms with Crippen molar-refractivity contribution in [1.29, 1.82) is 0 Å². The minimum Gasteiger partial charge on any atom is -0.303 e. The fraction of sp³-hybridized carbons (Fsp3) is 0.529. The van der Waals surface area contributed by atoms with Crippen LogP contribution in [0.2, 0.25) is 0 Å². The molecule has 2 heteroatoms. The van der Waals surface area contributed by atoms with Crippen LogP contribution >= 0.6 is 0 Å². The molecule has 0 aliphatic rings. The van der Waals surface area contributed by atoms with Gasteiger partial charge in [0.1, 0.15) is 6.29 Å². The first kappa shape index (κ1) is 15.6. The molecule has 104 valence electrons. The predicted molar refractivity (Wildman–Crippen MR) is 78.5 cm³/mol. The summed E-state index contributed by atoms with van der Waals surface area (Å²) in [4.78, 5) is 22.0. The number of Topliss-reactive ketones (excluding diaryl/α,β-unsaturated/α-hetero) is 1. The molecule has 0 unspecified atom stereocenters. The molecule has 2 nitrogen and oxygen atoms in total. The van der Waals surface area contributed by atoms with Crippen LogP contribution in [0, 0.1) is 6.92 Å². The van der Waals surface area contributed by atoms with Crippen molar-refractivity contribution >= 4 is 12.1 Å². The lowest BCUT2D eigenvalue weighted by Crippen LogP contribution is -1.98. The van der Waals surface area contributed by atoms with Crippen molar-refractivity contribution in [3.8, 4) is 0 Å². The number of rotatable bonds is 10. The molecule has 19 heavy (non-hydrogen) atoms. The van der Waals surface area contributed by atoms with Gasteiger partial charge in [-0.1, -0.05) is 55.5 Å². The highest BCUT2D eigenvalue weighted by atomic mass is 16.1. The van der Waals surface area contributed by atoms with E-state index >= 15 is 0 Å². The maximum atomic E-state index is 11.9. The van der Waals surface area contributed by atoms with Crippen molar-refractivity contribution in [2.75, 3.05) is 0 Å². The van der Waals surface area contributed by atoms with Gasteiger partial charge < -0.3 is 4.79 Å². The molecule has 0 saturated carbocycles. The van der Waals surface area contributed by atoms with Gasteiger partial charge in [0, 0.05) is 18.4 Å². The van der Waals surface area contributed by atoms with Crippen LogP contribution in [0.3, 0.4) is 0 Å². The van der Waals surface area contributed by atoms with Gasteiger partial charge in [-0.3, -0.25) is 4.79 Å². The summed E-state index contributed by atoms with van der Waals surface area (Å²) in [5.41, 5.74) is 2.02. The summed E-state index contributed by atoms with van der Waals surface area (Å²) in [6.45, 7) is 2.03. The van der Waals surface area contributed by atoms with E-state index in [0.29, 0.717) is 12.8 Å². The van der Waals surface area contributed by atoms with Gasteiger partial charge >= 0.3 is 0 Å². The molecule has 0 fully saturated rings. The fourth-order valence-electron chi connectivity index (χ4n) is 2.10. The molecular formula is C17H24O2. The molecule has 0 atom stereocenters. The highest BCUT2D eigenvalue weighted by Gasteiger charge is 2.04. The molecule has 1 aromatic carbocycles. The summed E-state index contributed by atoms with van der Waals surface area (Å²) < 4.78 is 0. The number of hydrogen-bond donors (Lipinski definition) is 0. The van der Waals surface area contributed by atoms with Crippen LogP contribution in [0.4, 0.5) is 0 Å². The van der Waals surface area contributed by atoms with E-state index in [2.05, 4.69) is 0 Å². The van der Waals surface area contributed by atoms with Crippen molar-refractivity contribution in [3.63, 3.8) is 0 Å².